The van der Waals surface area contributed by atoms with Gasteiger partial charge in [0.2, 0.25) is 5.91 Å². The summed E-state index contributed by atoms with van der Waals surface area (Å²) in [6.45, 7) is 1.38. The zero-order valence-corrected chi connectivity index (χ0v) is 8.88. The Hall–Kier alpha value is -1.79. The second-order valence-corrected chi connectivity index (χ2v) is 3.32. The van der Waals surface area contributed by atoms with Crippen LogP contribution in [0.25, 0.3) is 5.70 Å². The first kappa shape index (κ1) is 11.3. The van der Waals surface area contributed by atoms with E-state index in [4.69, 9.17) is 16.9 Å². The number of benzene rings is 1. The highest BCUT2D eigenvalue weighted by atomic mass is 35.5. The summed E-state index contributed by atoms with van der Waals surface area (Å²) in [5.41, 5.74) is 1.16. The minimum absolute atomic E-state index is 0.225. The maximum Gasteiger partial charge on any atom is 0.221 e. The van der Waals surface area contributed by atoms with Gasteiger partial charge in [-0.15, -0.1) is 0 Å². The molecule has 1 N–H and O–H groups in total. The van der Waals surface area contributed by atoms with Gasteiger partial charge in [0.25, 0.3) is 0 Å². The number of rotatable bonds is 2. The molecule has 0 fully saturated rings. The van der Waals surface area contributed by atoms with Gasteiger partial charge in [0.15, 0.2) is 0 Å². The SMILES string of the molecule is CC(=O)N/C(=C/C#N)c1cccc(Cl)c1. The molecule has 1 rings (SSSR count). The van der Waals surface area contributed by atoms with Gasteiger partial charge in [0, 0.05) is 23.6 Å². The quantitative estimate of drug-likeness (QED) is 0.778. The number of halogens is 1. The van der Waals surface area contributed by atoms with Gasteiger partial charge in [-0.05, 0) is 12.1 Å². The van der Waals surface area contributed by atoms with Crippen LogP contribution >= 0.6 is 11.6 Å². The minimum atomic E-state index is -0.225. The van der Waals surface area contributed by atoms with Gasteiger partial charge < -0.3 is 5.32 Å². The summed E-state index contributed by atoms with van der Waals surface area (Å²) in [5, 5.41) is 11.7. The summed E-state index contributed by atoms with van der Waals surface area (Å²) in [7, 11) is 0. The standard InChI is InChI=1S/C11H9ClN2O/c1-8(15)14-11(5-6-13)9-3-2-4-10(12)7-9/h2-5,7H,1H3,(H,14,15)/b11-5+. The van der Waals surface area contributed by atoms with E-state index in [1.807, 2.05) is 6.07 Å². The second-order valence-electron chi connectivity index (χ2n) is 2.88. The second kappa shape index (κ2) is 5.18. The highest BCUT2D eigenvalue weighted by Crippen LogP contribution is 2.16. The van der Waals surface area contributed by atoms with E-state index in [-0.39, 0.29) is 5.91 Å². The van der Waals surface area contributed by atoms with Gasteiger partial charge in [-0.1, -0.05) is 23.7 Å². The van der Waals surface area contributed by atoms with Crippen molar-refractivity contribution in [1.29, 1.82) is 5.26 Å². The molecule has 0 atom stereocenters. The molecule has 0 aliphatic carbocycles. The van der Waals surface area contributed by atoms with Gasteiger partial charge >= 0.3 is 0 Å². The molecule has 0 saturated carbocycles. The summed E-state index contributed by atoms with van der Waals surface area (Å²) >= 11 is 5.80. The highest BCUT2D eigenvalue weighted by molar-refractivity contribution is 6.30. The third-order valence-electron chi connectivity index (χ3n) is 1.66. The Balaban J connectivity index is 3.06. The first-order valence-corrected chi connectivity index (χ1v) is 4.64. The van der Waals surface area contributed by atoms with Crippen LogP contribution in [-0.4, -0.2) is 5.91 Å². The summed E-state index contributed by atoms with van der Waals surface area (Å²) in [6.07, 6.45) is 1.27. The zero-order valence-electron chi connectivity index (χ0n) is 8.12. The van der Waals surface area contributed by atoms with Gasteiger partial charge in [-0.25, -0.2) is 0 Å². The van der Waals surface area contributed by atoms with Crippen molar-refractivity contribution in [3.05, 3.63) is 40.9 Å². The number of hydrogen-bond donors (Lipinski definition) is 1. The smallest absolute Gasteiger partial charge is 0.221 e. The van der Waals surface area contributed by atoms with Gasteiger partial charge in [-0.2, -0.15) is 5.26 Å². The topological polar surface area (TPSA) is 52.9 Å². The van der Waals surface area contributed by atoms with E-state index >= 15 is 0 Å². The molecule has 76 valence electrons. The Labute approximate surface area is 93.0 Å². The van der Waals surface area contributed by atoms with Crippen molar-refractivity contribution in [1.82, 2.24) is 5.32 Å². The molecule has 3 nitrogen and oxygen atoms in total. The maximum atomic E-state index is 10.9. The minimum Gasteiger partial charge on any atom is -0.325 e. The molecule has 1 amide bonds. The van der Waals surface area contributed by atoms with Crippen LogP contribution in [0.15, 0.2) is 30.3 Å². The van der Waals surface area contributed by atoms with Gasteiger partial charge in [-0.3, -0.25) is 4.79 Å². The number of nitrogens with zero attached hydrogens (tertiary/aromatic N) is 1. The molecule has 15 heavy (non-hydrogen) atoms. The van der Waals surface area contributed by atoms with Crippen molar-refractivity contribution in [2.24, 2.45) is 0 Å². The molecule has 0 aromatic heterocycles. The first-order valence-electron chi connectivity index (χ1n) is 4.27. The fourth-order valence-electron chi connectivity index (χ4n) is 1.10. The lowest BCUT2D eigenvalue weighted by atomic mass is 10.1. The normalized spacial score (nSPS) is 10.6. The molecule has 0 spiro atoms. The van der Waals surface area contributed by atoms with E-state index in [1.54, 1.807) is 24.3 Å². The first-order chi connectivity index (χ1) is 7.13. The van der Waals surface area contributed by atoms with E-state index in [1.165, 1.54) is 13.0 Å². The van der Waals surface area contributed by atoms with Crippen LogP contribution in [0, 0.1) is 11.3 Å². The zero-order chi connectivity index (χ0) is 11.3. The average molecular weight is 221 g/mol. The summed E-state index contributed by atoms with van der Waals surface area (Å²) in [6, 6.07) is 8.80. The molecule has 0 heterocycles. The molecule has 4 heteroatoms. The number of allylic oxidation sites excluding steroid dienone is 1. The van der Waals surface area contributed by atoms with Crippen molar-refractivity contribution >= 4 is 23.2 Å². The lowest BCUT2D eigenvalue weighted by Crippen LogP contribution is -2.17. The number of hydrogen-bond acceptors (Lipinski definition) is 2. The maximum absolute atomic E-state index is 10.9. The third-order valence-corrected chi connectivity index (χ3v) is 1.89. The van der Waals surface area contributed by atoms with Crippen molar-refractivity contribution in [2.45, 2.75) is 6.92 Å². The molecule has 0 unspecified atom stereocenters. The van der Waals surface area contributed by atoms with Crippen molar-refractivity contribution < 1.29 is 4.79 Å². The molecule has 1 aromatic rings. The molecule has 0 aliphatic rings. The van der Waals surface area contributed by atoms with Crippen LogP contribution in [-0.2, 0) is 4.79 Å². The molecular formula is C11H9ClN2O. The Morgan fingerprint density at radius 2 is 2.33 bits per heavy atom. The monoisotopic (exact) mass is 220 g/mol. The van der Waals surface area contributed by atoms with E-state index < -0.39 is 0 Å². The van der Waals surface area contributed by atoms with Crippen LogP contribution in [0.5, 0.6) is 0 Å². The van der Waals surface area contributed by atoms with Crippen molar-refractivity contribution in [2.75, 3.05) is 0 Å². The van der Waals surface area contributed by atoms with Crippen molar-refractivity contribution in [3.8, 4) is 6.07 Å². The van der Waals surface area contributed by atoms with E-state index in [2.05, 4.69) is 5.32 Å². The number of nitrogens with one attached hydrogen (secondary N) is 1. The van der Waals surface area contributed by atoms with Crippen LogP contribution in [0.1, 0.15) is 12.5 Å². The summed E-state index contributed by atoms with van der Waals surface area (Å²) in [4.78, 5) is 10.9. The number of carbonyl (C=O) groups is 1. The van der Waals surface area contributed by atoms with Crippen LogP contribution in [0.4, 0.5) is 0 Å². The van der Waals surface area contributed by atoms with E-state index in [0.29, 0.717) is 16.3 Å². The number of carbonyl (C=O) groups excluding carboxylic acids is 1. The van der Waals surface area contributed by atoms with Gasteiger partial charge in [0.05, 0.1) is 11.8 Å². The third kappa shape index (κ3) is 3.45. The Morgan fingerprint density at radius 1 is 1.60 bits per heavy atom. The van der Waals surface area contributed by atoms with Crippen molar-refractivity contribution in [3.63, 3.8) is 0 Å². The number of nitriles is 1. The van der Waals surface area contributed by atoms with Crippen LogP contribution < -0.4 is 5.32 Å². The predicted octanol–water partition coefficient (Wildman–Crippen LogP) is 2.34. The summed E-state index contributed by atoms with van der Waals surface area (Å²) < 4.78 is 0. The Bertz CT molecular complexity index is 446. The molecule has 0 radical (unpaired) electrons. The molecule has 0 aliphatic heterocycles. The van der Waals surface area contributed by atoms with Crippen LogP contribution in [0.3, 0.4) is 0 Å². The van der Waals surface area contributed by atoms with E-state index in [9.17, 15) is 4.79 Å². The molecule has 1 aromatic carbocycles. The largest absolute Gasteiger partial charge is 0.325 e. The predicted molar refractivity (Wildman–Crippen MR) is 58.9 cm³/mol. The summed E-state index contributed by atoms with van der Waals surface area (Å²) in [5.74, 6) is -0.225. The Kier molecular flexibility index (Phi) is 3.90. The van der Waals surface area contributed by atoms with Gasteiger partial charge in [0.1, 0.15) is 0 Å². The highest BCUT2D eigenvalue weighted by Gasteiger charge is 2.03. The lowest BCUT2D eigenvalue weighted by molar-refractivity contribution is -0.117. The van der Waals surface area contributed by atoms with E-state index in [0.717, 1.165) is 0 Å². The number of amides is 1. The molecular weight excluding hydrogens is 212 g/mol. The van der Waals surface area contributed by atoms with Crippen LogP contribution in [0.2, 0.25) is 5.02 Å². The lowest BCUT2D eigenvalue weighted by Gasteiger charge is -2.06. The Morgan fingerprint density at radius 3 is 2.87 bits per heavy atom. The average Bonchev–Trinajstić information content (AvgIpc) is 2.16. The molecule has 0 saturated heterocycles. The molecule has 0 bridgehead atoms. The fourth-order valence-corrected chi connectivity index (χ4v) is 1.29. The fraction of sp³-hybridized carbons (Fsp3) is 0.0909.